The molecular weight excluding hydrogens is 326 g/mol. The molecule has 0 radical (unpaired) electrons. The molecule has 1 saturated heterocycles. The van der Waals surface area contributed by atoms with Gasteiger partial charge in [0.15, 0.2) is 5.65 Å². The number of nitrogens with zero attached hydrogens (tertiary/aromatic N) is 5. The minimum Gasteiger partial charge on any atom is -0.384 e. The van der Waals surface area contributed by atoms with Gasteiger partial charge in [-0.25, -0.2) is 19.9 Å². The second-order valence-corrected chi connectivity index (χ2v) is 6.73. The van der Waals surface area contributed by atoms with Crippen LogP contribution in [0, 0.1) is 0 Å². The lowest BCUT2D eigenvalue weighted by Gasteiger charge is -2.33. The van der Waals surface area contributed by atoms with Crippen molar-refractivity contribution in [3.63, 3.8) is 0 Å². The summed E-state index contributed by atoms with van der Waals surface area (Å²) in [5.41, 5.74) is 8.54. The van der Waals surface area contributed by atoms with Crippen LogP contribution in [0.4, 0.5) is 11.6 Å². The number of nitrogens with one attached hydrogen (secondary N) is 1. The second-order valence-electron chi connectivity index (χ2n) is 6.73. The average Bonchev–Trinajstić information content (AvgIpc) is 3.12. The van der Waals surface area contributed by atoms with Gasteiger partial charge in [-0.05, 0) is 37.1 Å². The molecule has 1 unspecified atom stereocenters. The number of hydrogen-bond acceptors (Lipinski definition) is 6. The van der Waals surface area contributed by atoms with E-state index in [1.165, 1.54) is 0 Å². The predicted molar refractivity (Wildman–Crippen MR) is 102 cm³/mol. The number of fused-ring (bicyclic) bond motifs is 2. The summed E-state index contributed by atoms with van der Waals surface area (Å²) in [7, 11) is 0. The number of piperidine rings is 1. The number of aromatic nitrogens is 5. The van der Waals surface area contributed by atoms with Crippen molar-refractivity contribution in [3.05, 3.63) is 48.5 Å². The van der Waals surface area contributed by atoms with E-state index in [1.54, 1.807) is 12.4 Å². The van der Waals surface area contributed by atoms with Crippen molar-refractivity contribution < 1.29 is 0 Å². The normalized spacial score (nSPS) is 17.8. The van der Waals surface area contributed by atoms with Gasteiger partial charge < -0.3 is 15.6 Å². The fourth-order valence-corrected chi connectivity index (χ4v) is 3.75. The van der Waals surface area contributed by atoms with Gasteiger partial charge in [0, 0.05) is 19.0 Å². The molecule has 130 valence electrons. The van der Waals surface area contributed by atoms with Gasteiger partial charge >= 0.3 is 0 Å². The number of benzene rings is 1. The Bertz CT molecular complexity index is 1050. The molecule has 0 amide bonds. The van der Waals surface area contributed by atoms with Crippen molar-refractivity contribution in [2.45, 2.75) is 18.8 Å². The van der Waals surface area contributed by atoms with E-state index < -0.39 is 0 Å². The summed E-state index contributed by atoms with van der Waals surface area (Å²) in [4.78, 5) is 23.7. The Morgan fingerprint density at radius 3 is 2.92 bits per heavy atom. The lowest BCUT2D eigenvalue weighted by Crippen LogP contribution is -2.35. The lowest BCUT2D eigenvalue weighted by atomic mass is 9.97. The lowest BCUT2D eigenvalue weighted by molar-refractivity contribution is 0.493. The maximum Gasteiger partial charge on any atom is 0.166 e. The number of para-hydroxylation sites is 2. The van der Waals surface area contributed by atoms with Gasteiger partial charge in [-0.2, -0.15) is 0 Å². The predicted octanol–water partition coefficient (Wildman–Crippen LogP) is 2.87. The standard InChI is InChI=1S/C19H19N7/c20-16-8-7-13-18(25-16)21-11-22-19(13)26-9-3-4-12(10-26)17-23-14-5-1-2-6-15(14)24-17/h1-2,5-8,11-12H,3-4,9-10H2,(H,23,24)(H2,20,21,22,25). The summed E-state index contributed by atoms with van der Waals surface area (Å²) in [5, 5.41) is 0.937. The highest BCUT2D eigenvalue weighted by Gasteiger charge is 2.26. The zero-order valence-corrected chi connectivity index (χ0v) is 14.3. The summed E-state index contributed by atoms with van der Waals surface area (Å²) < 4.78 is 0. The Balaban J connectivity index is 1.49. The third-order valence-corrected chi connectivity index (χ3v) is 5.01. The van der Waals surface area contributed by atoms with E-state index in [4.69, 9.17) is 10.7 Å². The SMILES string of the molecule is Nc1ccc2c(N3CCCC(c4nc5ccccc5[nH]4)C3)ncnc2n1. The maximum absolute atomic E-state index is 5.79. The van der Waals surface area contributed by atoms with Crippen LogP contribution in [-0.4, -0.2) is 38.0 Å². The zero-order chi connectivity index (χ0) is 17.5. The quantitative estimate of drug-likeness (QED) is 0.580. The van der Waals surface area contributed by atoms with E-state index in [1.807, 2.05) is 24.3 Å². The Morgan fingerprint density at radius 2 is 2.00 bits per heavy atom. The van der Waals surface area contributed by atoms with E-state index in [-0.39, 0.29) is 0 Å². The molecule has 1 atom stereocenters. The molecule has 7 nitrogen and oxygen atoms in total. The molecule has 0 bridgehead atoms. The van der Waals surface area contributed by atoms with Crippen molar-refractivity contribution in [1.82, 2.24) is 24.9 Å². The number of nitrogens with two attached hydrogens (primary N) is 1. The molecule has 0 spiro atoms. The highest BCUT2D eigenvalue weighted by Crippen LogP contribution is 2.31. The molecule has 4 heterocycles. The van der Waals surface area contributed by atoms with E-state index >= 15 is 0 Å². The number of nitrogen functional groups attached to an aromatic ring is 1. The van der Waals surface area contributed by atoms with Crippen molar-refractivity contribution in [2.75, 3.05) is 23.7 Å². The van der Waals surface area contributed by atoms with Gasteiger partial charge in [0.05, 0.1) is 16.4 Å². The highest BCUT2D eigenvalue weighted by molar-refractivity contribution is 5.87. The molecule has 3 aromatic heterocycles. The summed E-state index contributed by atoms with van der Waals surface area (Å²) in [6.07, 6.45) is 3.77. The van der Waals surface area contributed by atoms with Gasteiger partial charge in [0.2, 0.25) is 0 Å². The van der Waals surface area contributed by atoms with E-state index in [0.717, 1.165) is 54.0 Å². The Hall–Kier alpha value is -3.22. The number of imidazole rings is 1. The average molecular weight is 345 g/mol. The summed E-state index contributed by atoms with van der Waals surface area (Å²) in [6.45, 7) is 1.84. The second kappa shape index (κ2) is 5.94. The molecule has 4 aromatic rings. The summed E-state index contributed by atoms with van der Waals surface area (Å²) in [6, 6.07) is 11.9. The number of rotatable bonds is 2. The van der Waals surface area contributed by atoms with Gasteiger partial charge in [-0.1, -0.05) is 12.1 Å². The number of anilines is 2. The molecular formula is C19H19N7. The van der Waals surface area contributed by atoms with Crippen LogP contribution < -0.4 is 10.6 Å². The highest BCUT2D eigenvalue weighted by atomic mass is 15.2. The van der Waals surface area contributed by atoms with Crippen LogP contribution in [-0.2, 0) is 0 Å². The third-order valence-electron chi connectivity index (χ3n) is 5.01. The molecule has 1 aromatic carbocycles. The van der Waals surface area contributed by atoms with Crippen LogP contribution in [0.25, 0.3) is 22.1 Å². The number of hydrogen-bond donors (Lipinski definition) is 2. The monoisotopic (exact) mass is 345 g/mol. The minimum absolute atomic E-state index is 0.350. The topological polar surface area (TPSA) is 96.6 Å². The zero-order valence-electron chi connectivity index (χ0n) is 14.3. The number of aromatic amines is 1. The molecule has 0 aliphatic carbocycles. The Labute approximate surface area is 150 Å². The molecule has 26 heavy (non-hydrogen) atoms. The van der Waals surface area contributed by atoms with Crippen LogP contribution in [0.3, 0.4) is 0 Å². The number of H-pyrrole nitrogens is 1. The van der Waals surface area contributed by atoms with Crippen LogP contribution in [0.2, 0.25) is 0 Å². The summed E-state index contributed by atoms with van der Waals surface area (Å²) >= 11 is 0. The smallest absolute Gasteiger partial charge is 0.166 e. The first kappa shape index (κ1) is 15.1. The Kier molecular flexibility index (Phi) is 3.44. The van der Waals surface area contributed by atoms with E-state index in [9.17, 15) is 0 Å². The summed E-state index contributed by atoms with van der Waals surface area (Å²) in [5.74, 6) is 2.80. The fraction of sp³-hybridized carbons (Fsp3) is 0.263. The molecule has 1 fully saturated rings. The van der Waals surface area contributed by atoms with Crippen molar-refractivity contribution >= 4 is 33.7 Å². The van der Waals surface area contributed by atoms with Crippen LogP contribution in [0.1, 0.15) is 24.6 Å². The minimum atomic E-state index is 0.350. The van der Waals surface area contributed by atoms with E-state index in [0.29, 0.717) is 17.4 Å². The van der Waals surface area contributed by atoms with Gasteiger partial charge in [0.1, 0.15) is 23.8 Å². The van der Waals surface area contributed by atoms with Crippen LogP contribution in [0.15, 0.2) is 42.7 Å². The first-order valence-electron chi connectivity index (χ1n) is 8.85. The third kappa shape index (κ3) is 2.52. The van der Waals surface area contributed by atoms with E-state index in [2.05, 4.69) is 30.9 Å². The molecule has 7 heteroatoms. The van der Waals surface area contributed by atoms with Crippen molar-refractivity contribution in [3.8, 4) is 0 Å². The van der Waals surface area contributed by atoms with Crippen molar-refractivity contribution in [1.29, 1.82) is 0 Å². The molecule has 1 aliphatic rings. The number of pyridine rings is 1. The van der Waals surface area contributed by atoms with Gasteiger partial charge in [0.25, 0.3) is 0 Å². The van der Waals surface area contributed by atoms with Crippen LogP contribution >= 0.6 is 0 Å². The fourth-order valence-electron chi connectivity index (χ4n) is 3.75. The first-order chi connectivity index (χ1) is 12.8. The first-order valence-corrected chi connectivity index (χ1v) is 8.85. The maximum atomic E-state index is 5.79. The largest absolute Gasteiger partial charge is 0.384 e. The van der Waals surface area contributed by atoms with Crippen LogP contribution in [0.5, 0.6) is 0 Å². The van der Waals surface area contributed by atoms with Crippen molar-refractivity contribution in [2.24, 2.45) is 0 Å². The Morgan fingerprint density at radius 1 is 1.08 bits per heavy atom. The van der Waals surface area contributed by atoms with Gasteiger partial charge in [-0.3, -0.25) is 0 Å². The van der Waals surface area contributed by atoms with Gasteiger partial charge in [-0.15, -0.1) is 0 Å². The molecule has 1 aliphatic heterocycles. The molecule has 0 saturated carbocycles. The molecule has 5 rings (SSSR count). The molecule has 3 N–H and O–H groups in total.